The summed E-state index contributed by atoms with van der Waals surface area (Å²) in [5, 5.41) is 9.00. The van der Waals surface area contributed by atoms with Crippen molar-refractivity contribution in [3.8, 4) is 5.75 Å². The van der Waals surface area contributed by atoms with Crippen LogP contribution in [0.1, 0.15) is 12.3 Å². The minimum Gasteiger partial charge on any atom is -0.482 e. The topological polar surface area (TPSA) is 85.9 Å². The third kappa shape index (κ3) is 4.23. The number of thioether (sulfide) groups is 1. The Morgan fingerprint density at radius 2 is 1.96 bits per heavy atom. The monoisotopic (exact) mass is 416 g/mol. The number of halogens is 1. The second-order valence-corrected chi connectivity index (χ2v) is 7.44. The summed E-state index contributed by atoms with van der Waals surface area (Å²) in [6, 6.07) is 14.9. The van der Waals surface area contributed by atoms with Gasteiger partial charge in [-0.25, -0.2) is 4.79 Å². The fraction of sp³-hybridized carbons (Fsp3) is 0.211. The van der Waals surface area contributed by atoms with E-state index in [1.165, 1.54) is 11.8 Å². The lowest BCUT2D eigenvalue weighted by Crippen LogP contribution is -2.17. The number of imidazole rings is 1. The van der Waals surface area contributed by atoms with Gasteiger partial charge in [-0.1, -0.05) is 47.6 Å². The summed E-state index contributed by atoms with van der Waals surface area (Å²) in [6.45, 7) is 0.772. The minimum atomic E-state index is -0.0944. The van der Waals surface area contributed by atoms with Crippen molar-refractivity contribution in [1.82, 2.24) is 19.7 Å². The highest BCUT2D eigenvalue weighted by Gasteiger charge is 2.10. The van der Waals surface area contributed by atoms with E-state index in [4.69, 9.17) is 20.8 Å². The number of ether oxygens (including phenoxy) is 1. The van der Waals surface area contributed by atoms with E-state index in [-0.39, 0.29) is 12.3 Å². The van der Waals surface area contributed by atoms with Gasteiger partial charge in [0.15, 0.2) is 6.61 Å². The highest BCUT2D eigenvalue weighted by Crippen LogP contribution is 2.24. The third-order valence-electron chi connectivity index (χ3n) is 4.07. The molecule has 0 unspecified atom stereocenters. The lowest BCUT2D eigenvalue weighted by Gasteiger charge is -2.04. The van der Waals surface area contributed by atoms with Crippen LogP contribution in [0.2, 0.25) is 5.02 Å². The number of H-pyrrole nitrogens is 1. The highest BCUT2D eigenvalue weighted by atomic mass is 35.5. The van der Waals surface area contributed by atoms with Crippen molar-refractivity contribution < 1.29 is 9.15 Å². The average Bonchev–Trinajstić information content (AvgIpc) is 3.28. The molecule has 0 atom stereocenters. The van der Waals surface area contributed by atoms with Gasteiger partial charge in [0, 0.05) is 12.3 Å². The first-order chi connectivity index (χ1) is 13.7. The predicted octanol–water partition coefficient (Wildman–Crippen LogP) is 4.13. The molecule has 144 valence electrons. The molecule has 7 nitrogen and oxygen atoms in total. The van der Waals surface area contributed by atoms with E-state index in [1.807, 2.05) is 36.4 Å². The van der Waals surface area contributed by atoms with E-state index >= 15 is 0 Å². The molecule has 2 aromatic carbocycles. The average molecular weight is 417 g/mol. The summed E-state index contributed by atoms with van der Waals surface area (Å²) >= 11 is 7.50. The lowest BCUT2D eigenvalue weighted by atomic mass is 10.3. The Labute approximate surface area is 169 Å². The van der Waals surface area contributed by atoms with Crippen molar-refractivity contribution in [2.24, 2.45) is 0 Å². The quantitative estimate of drug-likeness (QED) is 0.343. The van der Waals surface area contributed by atoms with Gasteiger partial charge in [-0.15, -0.1) is 10.2 Å². The molecule has 9 heteroatoms. The van der Waals surface area contributed by atoms with Gasteiger partial charge in [-0.3, -0.25) is 4.57 Å². The smallest absolute Gasteiger partial charge is 0.326 e. The molecule has 4 rings (SSSR count). The van der Waals surface area contributed by atoms with Crippen molar-refractivity contribution in [1.29, 1.82) is 0 Å². The standard InChI is InChI=1S/C19H17ClN4O3S/c20-13-6-1-4-9-16(13)26-12-17-22-23-19(27-17)28-11-5-10-24-15-8-3-2-7-14(15)21-18(24)25/h1-4,6-9H,5,10-12H2,(H,21,25). The highest BCUT2D eigenvalue weighted by molar-refractivity contribution is 7.99. The molecular weight excluding hydrogens is 400 g/mol. The molecule has 0 radical (unpaired) electrons. The Kier molecular flexibility index (Phi) is 5.68. The number of para-hydroxylation sites is 3. The molecule has 2 aromatic heterocycles. The molecule has 0 fully saturated rings. The zero-order chi connectivity index (χ0) is 19.3. The Hall–Kier alpha value is -2.71. The van der Waals surface area contributed by atoms with E-state index in [0.717, 1.165) is 23.2 Å². The van der Waals surface area contributed by atoms with E-state index < -0.39 is 0 Å². The number of nitrogens with one attached hydrogen (secondary N) is 1. The fourth-order valence-corrected chi connectivity index (χ4v) is 3.66. The summed E-state index contributed by atoms with van der Waals surface area (Å²) in [6.07, 6.45) is 0.792. The molecule has 4 aromatic rings. The number of hydrogen-bond acceptors (Lipinski definition) is 6. The molecule has 28 heavy (non-hydrogen) atoms. The minimum absolute atomic E-state index is 0.0944. The van der Waals surface area contributed by atoms with E-state index in [1.54, 1.807) is 16.7 Å². The number of fused-ring (bicyclic) bond motifs is 1. The molecule has 0 amide bonds. The maximum atomic E-state index is 12.1. The van der Waals surface area contributed by atoms with E-state index in [2.05, 4.69) is 15.2 Å². The number of aromatic nitrogens is 4. The molecule has 2 heterocycles. The van der Waals surface area contributed by atoms with Crippen LogP contribution < -0.4 is 10.4 Å². The summed E-state index contributed by atoms with van der Waals surface area (Å²) in [5.74, 6) is 1.70. The van der Waals surface area contributed by atoms with E-state index in [0.29, 0.717) is 28.4 Å². The van der Waals surface area contributed by atoms with E-state index in [9.17, 15) is 4.79 Å². The number of benzene rings is 2. The SMILES string of the molecule is O=c1[nH]c2ccccc2n1CCCSc1nnc(COc2ccccc2Cl)o1. The Bertz CT molecular complexity index is 1140. The predicted molar refractivity (Wildman–Crippen MR) is 108 cm³/mol. The van der Waals surface area contributed by atoms with Crippen LogP contribution >= 0.6 is 23.4 Å². The molecule has 0 saturated heterocycles. The first-order valence-electron chi connectivity index (χ1n) is 8.71. The summed E-state index contributed by atoms with van der Waals surface area (Å²) in [7, 11) is 0. The van der Waals surface area contributed by atoms with Crippen molar-refractivity contribution in [2.75, 3.05) is 5.75 Å². The van der Waals surface area contributed by atoms with Crippen LogP contribution in [0.3, 0.4) is 0 Å². The molecular formula is C19H17ClN4O3S. The van der Waals surface area contributed by atoms with Gasteiger partial charge in [0.25, 0.3) is 11.1 Å². The number of nitrogens with zero attached hydrogens (tertiary/aromatic N) is 3. The maximum absolute atomic E-state index is 12.1. The largest absolute Gasteiger partial charge is 0.482 e. The van der Waals surface area contributed by atoms with Crippen LogP contribution in [0.15, 0.2) is 63.0 Å². The van der Waals surface area contributed by atoms with Crippen LogP contribution in [0.5, 0.6) is 5.75 Å². The van der Waals surface area contributed by atoms with Crippen molar-refractivity contribution >= 4 is 34.4 Å². The number of rotatable bonds is 8. The lowest BCUT2D eigenvalue weighted by molar-refractivity contribution is 0.252. The van der Waals surface area contributed by atoms with Crippen molar-refractivity contribution in [2.45, 2.75) is 24.8 Å². The third-order valence-corrected chi connectivity index (χ3v) is 5.29. The van der Waals surface area contributed by atoms with Gasteiger partial charge in [-0.05, 0) is 30.7 Å². The zero-order valence-corrected chi connectivity index (χ0v) is 16.4. The number of aryl methyl sites for hydroxylation is 1. The van der Waals surface area contributed by atoms with Crippen molar-refractivity contribution in [3.63, 3.8) is 0 Å². The first-order valence-corrected chi connectivity index (χ1v) is 10.1. The number of hydrogen-bond donors (Lipinski definition) is 1. The van der Waals surface area contributed by atoms with Crippen LogP contribution in [-0.4, -0.2) is 25.5 Å². The van der Waals surface area contributed by atoms with Gasteiger partial charge in [0.05, 0.1) is 16.1 Å². The number of aromatic amines is 1. The second kappa shape index (κ2) is 8.53. The molecule has 0 bridgehead atoms. The van der Waals surface area contributed by atoms with Crippen LogP contribution in [0.4, 0.5) is 0 Å². The molecule has 0 saturated carbocycles. The summed E-state index contributed by atoms with van der Waals surface area (Å²) < 4.78 is 12.9. The molecule has 1 N–H and O–H groups in total. The Morgan fingerprint density at radius 1 is 1.14 bits per heavy atom. The molecule has 0 aliphatic heterocycles. The van der Waals surface area contributed by atoms with Gasteiger partial charge >= 0.3 is 5.69 Å². The van der Waals surface area contributed by atoms with Crippen LogP contribution in [0, 0.1) is 0 Å². The first kappa shape index (κ1) is 18.6. The van der Waals surface area contributed by atoms with Crippen LogP contribution in [0.25, 0.3) is 11.0 Å². The van der Waals surface area contributed by atoms with Crippen LogP contribution in [-0.2, 0) is 13.2 Å². The second-order valence-electron chi connectivity index (χ2n) is 5.98. The fourth-order valence-electron chi connectivity index (χ4n) is 2.77. The van der Waals surface area contributed by atoms with Gasteiger partial charge in [-0.2, -0.15) is 0 Å². The Balaban J connectivity index is 1.27. The summed E-state index contributed by atoms with van der Waals surface area (Å²) in [4.78, 5) is 14.9. The zero-order valence-electron chi connectivity index (χ0n) is 14.8. The molecule has 0 aliphatic rings. The molecule has 0 aliphatic carbocycles. The molecule has 0 spiro atoms. The van der Waals surface area contributed by atoms with Gasteiger partial charge in [0.1, 0.15) is 5.75 Å². The normalized spacial score (nSPS) is 11.2. The van der Waals surface area contributed by atoms with Crippen molar-refractivity contribution in [3.05, 3.63) is 69.9 Å². The van der Waals surface area contributed by atoms with Gasteiger partial charge < -0.3 is 14.1 Å². The van der Waals surface area contributed by atoms with Gasteiger partial charge in [0.2, 0.25) is 0 Å². The summed E-state index contributed by atoms with van der Waals surface area (Å²) in [5.41, 5.74) is 1.66. The maximum Gasteiger partial charge on any atom is 0.326 e. The Morgan fingerprint density at radius 3 is 2.86 bits per heavy atom.